The van der Waals surface area contributed by atoms with Crippen LogP contribution in [0.25, 0.3) is 21.8 Å². The number of para-hydroxylation sites is 1. The summed E-state index contributed by atoms with van der Waals surface area (Å²) in [5.41, 5.74) is 2.11. The molecule has 0 N–H and O–H groups in total. The second kappa shape index (κ2) is 9.93. The van der Waals surface area contributed by atoms with Gasteiger partial charge in [0, 0.05) is 33.1 Å². The van der Waals surface area contributed by atoms with Crippen LogP contribution in [0.1, 0.15) is 57.5 Å². The number of nitrogens with zero attached hydrogens (tertiary/aromatic N) is 4. The van der Waals surface area contributed by atoms with Crippen molar-refractivity contribution >= 4 is 49.9 Å². The van der Waals surface area contributed by atoms with Crippen molar-refractivity contribution in [2.24, 2.45) is 5.10 Å². The number of carbonyl (C=O) groups excluding carboxylic acids is 1. The first-order valence-electron chi connectivity index (χ1n) is 11.4. The van der Waals surface area contributed by atoms with Crippen LogP contribution in [0.5, 0.6) is 0 Å². The summed E-state index contributed by atoms with van der Waals surface area (Å²) < 4.78 is 9.29. The second-order valence-electron chi connectivity index (χ2n) is 8.24. The summed E-state index contributed by atoms with van der Waals surface area (Å²) in [7, 11) is 0. The molecule has 0 saturated heterocycles. The number of hydrogen-bond acceptors (Lipinski definition) is 5. The highest BCUT2D eigenvalue weighted by Gasteiger charge is 2.20. The zero-order chi connectivity index (χ0) is 24.4. The van der Waals surface area contributed by atoms with E-state index in [4.69, 9.17) is 9.72 Å². The topological polar surface area (TPSA) is 78.5 Å². The van der Waals surface area contributed by atoms with Crippen LogP contribution in [-0.4, -0.2) is 33.0 Å². The summed E-state index contributed by atoms with van der Waals surface area (Å²) in [5.74, 6) is 0.358. The Hall–Kier alpha value is -3.26. The molecule has 0 aliphatic rings. The van der Waals surface area contributed by atoms with E-state index in [0.717, 1.165) is 27.4 Å². The molecule has 0 unspecified atom stereocenters. The molecule has 0 radical (unpaired) electrons. The molecular formula is C26H27BrN4O3. The fourth-order valence-electron chi connectivity index (χ4n) is 3.93. The molecule has 176 valence electrons. The molecule has 2 aromatic heterocycles. The number of ether oxygens (including phenoxy) is 1. The van der Waals surface area contributed by atoms with Crippen LogP contribution in [0.4, 0.5) is 0 Å². The molecular weight excluding hydrogens is 496 g/mol. The number of halogens is 1. The quantitative estimate of drug-likeness (QED) is 0.232. The van der Waals surface area contributed by atoms with E-state index in [1.807, 2.05) is 61.0 Å². The maximum Gasteiger partial charge on any atom is 0.328 e. The molecule has 0 amide bonds. The van der Waals surface area contributed by atoms with E-state index in [-0.39, 0.29) is 17.4 Å². The van der Waals surface area contributed by atoms with Crippen LogP contribution in [0.3, 0.4) is 0 Å². The molecule has 0 bridgehead atoms. The summed E-state index contributed by atoms with van der Waals surface area (Å²) in [6.45, 7) is 8.01. The van der Waals surface area contributed by atoms with Gasteiger partial charge in [-0.3, -0.25) is 4.79 Å². The number of esters is 1. The Kier molecular flexibility index (Phi) is 6.97. The molecule has 2 atom stereocenters. The molecule has 0 spiro atoms. The minimum atomic E-state index is -0.495. The highest BCUT2D eigenvalue weighted by Crippen LogP contribution is 2.25. The van der Waals surface area contributed by atoms with Crippen LogP contribution < -0.4 is 5.56 Å². The first-order chi connectivity index (χ1) is 16.3. The Balaban J connectivity index is 1.86. The third kappa shape index (κ3) is 4.42. The summed E-state index contributed by atoms with van der Waals surface area (Å²) in [6.07, 6.45) is 4.35. The predicted octanol–water partition coefficient (Wildman–Crippen LogP) is 5.63. The van der Waals surface area contributed by atoms with Crippen molar-refractivity contribution in [3.8, 4) is 0 Å². The lowest BCUT2D eigenvalue weighted by molar-refractivity contribution is -0.146. The van der Waals surface area contributed by atoms with Gasteiger partial charge in [0.1, 0.15) is 11.9 Å². The normalized spacial score (nSPS) is 13.6. The van der Waals surface area contributed by atoms with E-state index in [1.165, 1.54) is 4.68 Å². The molecule has 7 nitrogen and oxygen atoms in total. The first-order valence-corrected chi connectivity index (χ1v) is 12.2. The van der Waals surface area contributed by atoms with Gasteiger partial charge in [-0.15, -0.1) is 0 Å². The molecule has 34 heavy (non-hydrogen) atoms. The highest BCUT2D eigenvalue weighted by atomic mass is 79.9. The van der Waals surface area contributed by atoms with Crippen molar-refractivity contribution in [2.75, 3.05) is 6.61 Å². The van der Waals surface area contributed by atoms with E-state index in [2.05, 4.69) is 28.0 Å². The molecule has 0 aliphatic heterocycles. The average molecular weight is 523 g/mol. The molecule has 2 heterocycles. The third-order valence-electron chi connectivity index (χ3n) is 6.02. The Morgan fingerprint density at radius 2 is 1.94 bits per heavy atom. The third-order valence-corrected chi connectivity index (χ3v) is 6.51. The van der Waals surface area contributed by atoms with E-state index < -0.39 is 6.04 Å². The fourth-order valence-corrected chi connectivity index (χ4v) is 4.29. The molecule has 2 aromatic carbocycles. The van der Waals surface area contributed by atoms with Crippen molar-refractivity contribution in [2.45, 2.75) is 46.1 Å². The Bertz CT molecular complexity index is 1450. The SMILES string of the molecule is CCOC(=O)[C@H](C)n1cc(C=Nn2c([C@H](C)CC)nc3ccc(Br)cc3c2=O)c2ccccc21. The number of fused-ring (bicyclic) bond motifs is 2. The molecule has 0 saturated carbocycles. The van der Waals surface area contributed by atoms with E-state index in [0.29, 0.717) is 23.3 Å². The van der Waals surface area contributed by atoms with Gasteiger partial charge in [-0.05, 0) is 44.5 Å². The highest BCUT2D eigenvalue weighted by molar-refractivity contribution is 9.10. The lowest BCUT2D eigenvalue weighted by Gasteiger charge is -2.14. The summed E-state index contributed by atoms with van der Waals surface area (Å²) in [5, 5.41) is 6.03. The molecule has 0 fully saturated rings. The van der Waals surface area contributed by atoms with Gasteiger partial charge in [0.25, 0.3) is 5.56 Å². The number of hydrogen-bond donors (Lipinski definition) is 0. The zero-order valence-corrected chi connectivity index (χ0v) is 21.2. The monoisotopic (exact) mass is 522 g/mol. The van der Waals surface area contributed by atoms with Crippen molar-refractivity contribution < 1.29 is 9.53 Å². The van der Waals surface area contributed by atoms with Crippen LogP contribution in [0.15, 0.2) is 63.0 Å². The van der Waals surface area contributed by atoms with E-state index >= 15 is 0 Å². The van der Waals surface area contributed by atoms with Gasteiger partial charge in [-0.1, -0.05) is 48.0 Å². The summed E-state index contributed by atoms with van der Waals surface area (Å²) in [6, 6.07) is 12.8. The lowest BCUT2D eigenvalue weighted by atomic mass is 10.1. The van der Waals surface area contributed by atoms with Gasteiger partial charge >= 0.3 is 5.97 Å². The fraction of sp³-hybridized carbons (Fsp3) is 0.308. The van der Waals surface area contributed by atoms with Crippen LogP contribution in [0, 0.1) is 0 Å². The predicted molar refractivity (Wildman–Crippen MR) is 139 cm³/mol. The summed E-state index contributed by atoms with van der Waals surface area (Å²) in [4.78, 5) is 30.6. The Labute approximate surface area is 206 Å². The van der Waals surface area contributed by atoms with Crippen molar-refractivity contribution in [3.05, 3.63) is 74.9 Å². The molecule has 8 heteroatoms. The van der Waals surface area contributed by atoms with Gasteiger partial charge in [-0.2, -0.15) is 9.78 Å². The smallest absolute Gasteiger partial charge is 0.328 e. The van der Waals surface area contributed by atoms with Crippen molar-refractivity contribution in [1.29, 1.82) is 0 Å². The van der Waals surface area contributed by atoms with Crippen LogP contribution in [-0.2, 0) is 9.53 Å². The van der Waals surface area contributed by atoms with Gasteiger partial charge in [0.05, 0.1) is 23.7 Å². The van der Waals surface area contributed by atoms with Gasteiger partial charge in [-0.25, -0.2) is 9.78 Å². The number of aromatic nitrogens is 3. The molecule has 4 aromatic rings. The van der Waals surface area contributed by atoms with E-state index in [1.54, 1.807) is 19.2 Å². The number of carbonyl (C=O) groups is 1. The standard InChI is InChI=1S/C26H27BrN4O3/c1-5-16(3)24-29-22-12-11-19(27)13-21(22)25(32)31(24)28-14-18-15-30(17(4)26(33)34-6-2)23-10-8-7-9-20(18)23/h7-17H,5-6H2,1-4H3/t16-,17+/m1/s1. The molecule has 0 aliphatic carbocycles. The van der Waals surface area contributed by atoms with Crippen molar-refractivity contribution in [1.82, 2.24) is 14.2 Å². The average Bonchev–Trinajstić information content (AvgIpc) is 3.21. The van der Waals surface area contributed by atoms with Crippen LogP contribution >= 0.6 is 15.9 Å². The van der Waals surface area contributed by atoms with E-state index in [9.17, 15) is 9.59 Å². The largest absolute Gasteiger partial charge is 0.464 e. The molecule has 4 rings (SSSR count). The summed E-state index contributed by atoms with van der Waals surface area (Å²) >= 11 is 3.44. The first kappa shape index (κ1) is 23.9. The zero-order valence-electron chi connectivity index (χ0n) is 19.7. The minimum absolute atomic E-state index is 0.0445. The number of rotatable bonds is 7. The van der Waals surface area contributed by atoms with Gasteiger partial charge < -0.3 is 9.30 Å². The van der Waals surface area contributed by atoms with Gasteiger partial charge in [0.15, 0.2) is 0 Å². The van der Waals surface area contributed by atoms with Gasteiger partial charge in [0.2, 0.25) is 0 Å². The minimum Gasteiger partial charge on any atom is -0.464 e. The Morgan fingerprint density at radius 1 is 1.18 bits per heavy atom. The maximum atomic E-state index is 13.4. The lowest BCUT2D eigenvalue weighted by Crippen LogP contribution is -2.23. The maximum absolute atomic E-state index is 13.4. The van der Waals surface area contributed by atoms with Crippen molar-refractivity contribution in [3.63, 3.8) is 0 Å². The Morgan fingerprint density at radius 3 is 2.68 bits per heavy atom. The van der Waals surface area contributed by atoms with Crippen LogP contribution in [0.2, 0.25) is 0 Å². The number of benzene rings is 2. The second-order valence-corrected chi connectivity index (χ2v) is 9.15.